The van der Waals surface area contributed by atoms with Crippen molar-refractivity contribution in [3.05, 3.63) is 82.9 Å². The molecule has 0 radical (unpaired) electrons. The van der Waals surface area contributed by atoms with E-state index in [2.05, 4.69) is 0 Å². The number of benzene rings is 2. The van der Waals surface area contributed by atoms with Gasteiger partial charge in [0.15, 0.2) is 11.6 Å². The lowest BCUT2D eigenvalue weighted by Crippen LogP contribution is -2.34. The van der Waals surface area contributed by atoms with Crippen LogP contribution < -0.4 is 0 Å². The average Bonchev–Trinajstić information content (AvgIpc) is 2.57. The smallest absolute Gasteiger partial charge is 0.192 e. The van der Waals surface area contributed by atoms with Crippen molar-refractivity contribution in [1.29, 1.82) is 0 Å². The molecule has 0 atom stereocenters. The highest BCUT2D eigenvalue weighted by molar-refractivity contribution is 6.25. The molecule has 0 heterocycles. The molecule has 0 saturated carbocycles. The third kappa shape index (κ3) is 3.01. The molecular weight excluding hydrogens is 288 g/mol. The maximum atomic E-state index is 12.7. The van der Waals surface area contributed by atoms with Crippen molar-refractivity contribution < 1.29 is 14.3 Å². The number of fused-ring (bicyclic) bond motifs is 1. The molecule has 2 aromatic carbocycles. The molecule has 0 spiro atoms. The van der Waals surface area contributed by atoms with Gasteiger partial charge in [-0.05, 0) is 25.5 Å². The van der Waals surface area contributed by atoms with Gasteiger partial charge in [0.25, 0.3) is 0 Å². The summed E-state index contributed by atoms with van der Waals surface area (Å²) in [6, 6.07) is 16.7. The van der Waals surface area contributed by atoms with Crippen LogP contribution in [0.25, 0.3) is 0 Å². The fraction of sp³-hybridized carbons (Fsp3) is 0.200. The fourth-order valence-corrected chi connectivity index (χ4v) is 2.68. The number of carbonyl (C=O) groups is 2. The molecule has 3 heteroatoms. The van der Waals surface area contributed by atoms with Crippen LogP contribution in [0.15, 0.2) is 66.2 Å². The molecule has 0 N–H and O–H groups in total. The molecule has 1 aliphatic rings. The van der Waals surface area contributed by atoms with Crippen LogP contribution in [0.4, 0.5) is 0 Å². The molecule has 116 valence electrons. The van der Waals surface area contributed by atoms with Crippen LogP contribution in [0.2, 0.25) is 0 Å². The van der Waals surface area contributed by atoms with Crippen LogP contribution in [-0.4, -0.2) is 17.2 Å². The van der Waals surface area contributed by atoms with Crippen molar-refractivity contribution in [2.75, 3.05) is 0 Å². The standard InChI is InChI=1S/C20H18O3/c1-20(2,23-13-14-8-4-3-5-9-14)17-12-18(21)15-10-6-7-11-16(15)19(17)22/h3-12H,13H2,1-2H3. The fourth-order valence-electron chi connectivity index (χ4n) is 2.68. The number of ketones is 2. The van der Waals surface area contributed by atoms with E-state index in [1.807, 2.05) is 44.2 Å². The zero-order valence-electron chi connectivity index (χ0n) is 13.2. The van der Waals surface area contributed by atoms with E-state index >= 15 is 0 Å². The number of ether oxygens (including phenoxy) is 1. The van der Waals surface area contributed by atoms with Crippen LogP contribution in [0.5, 0.6) is 0 Å². The molecule has 0 unspecified atom stereocenters. The Balaban J connectivity index is 1.85. The predicted molar refractivity (Wildman–Crippen MR) is 88.5 cm³/mol. The molecule has 3 rings (SSSR count). The van der Waals surface area contributed by atoms with Crippen molar-refractivity contribution >= 4 is 11.6 Å². The highest BCUT2D eigenvalue weighted by Gasteiger charge is 2.35. The largest absolute Gasteiger partial charge is 0.366 e. The maximum Gasteiger partial charge on any atom is 0.192 e. The van der Waals surface area contributed by atoms with Crippen LogP contribution in [0, 0.1) is 0 Å². The summed E-state index contributed by atoms with van der Waals surface area (Å²) in [5.41, 5.74) is 1.50. The lowest BCUT2D eigenvalue weighted by atomic mass is 9.82. The minimum absolute atomic E-state index is 0.140. The van der Waals surface area contributed by atoms with Gasteiger partial charge in [0.2, 0.25) is 0 Å². The van der Waals surface area contributed by atoms with Gasteiger partial charge in [-0.25, -0.2) is 0 Å². The van der Waals surface area contributed by atoms with Gasteiger partial charge in [-0.15, -0.1) is 0 Å². The summed E-state index contributed by atoms with van der Waals surface area (Å²) in [4.78, 5) is 25.0. The molecule has 1 aliphatic carbocycles. The number of allylic oxidation sites excluding steroid dienone is 1. The minimum Gasteiger partial charge on any atom is -0.366 e. The second-order valence-electron chi connectivity index (χ2n) is 6.08. The van der Waals surface area contributed by atoms with Crippen molar-refractivity contribution in [3.63, 3.8) is 0 Å². The topological polar surface area (TPSA) is 43.4 Å². The second kappa shape index (κ2) is 5.94. The highest BCUT2D eigenvalue weighted by Crippen LogP contribution is 2.31. The zero-order chi connectivity index (χ0) is 16.4. The summed E-state index contributed by atoms with van der Waals surface area (Å²) in [6.07, 6.45) is 1.41. The van der Waals surface area contributed by atoms with Gasteiger partial charge in [-0.1, -0.05) is 54.6 Å². The average molecular weight is 306 g/mol. The summed E-state index contributed by atoms with van der Waals surface area (Å²) >= 11 is 0. The summed E-state index contributed by atoms with van der Waals surface area (Å²) in [6.45, 7) is 4.02. The Morgan fingerprint density at radius 3 is 2.17 bits per heavy atom. The zero-order valence-corrected chi connectivity index (χ0v) is 13.2. The number of carbonyl (C=O) groups excluding carboxylic acids is 2. The third-order valence-corrected chi connectivity index (χ3v) is 4.05. The van der Waals surface area contributed by atoms with E-state index < -0.39 is 5.60 Å². The number of rotatable bonds is 4. The van der Waals surface area contributed by atoms with Crippen molar-refractivity contribution in [2.24, 2.45) is 0 Å². The molecule has 23 heavy (non-hydrogen) atoms. The van der Waals surface area contributed by atoms with Crippen LogP contribution in [0.1, 0.15) is 40.1 Å². The van der Waals surface area contributed by atoms with E-state index in [0.717, 1.165) is 5.56 Å². The summed E-state index contributed by atoms with van der Waals surface area (Å²) in [5.74, 6) is -0.287. The predicted octanol–water partition coefficient (Wildman–Crippen LogP) is 3.99. The Morgan fingerprint density at radius 1 is 0.870 bits per heavy atom. The molecule has 0 aliphatic heterocycles. The van der Waals surface area contributed by atoms with Crippen molar-refractivity contribution in [2.45, 2.75) is 26.1 Å². The van der Waals surface area contributed by atoms with E-state index in [9.17, 15) is 9.59 Å². The lowest BCUT2D eigenvalue weighted by molar-refractivity contribution is -0.00191. The van der Waals surface area contributed by atoms with Crippen LogP contribution >= 0.6 is 0 Å². The number of Topliss-reactive ketones (excluding diaryl/α,β-unsaturated/α-hetero) is 1. The van der Waals surface area contributed by atoms with Gasteiger partial charge >= 0.3 is 0 Å². The molecule has 3 nitrogen and oxygen atoms in total. The van der Waals surface area contributed by atoms with Gasteiger partial charge in [-0.2, -0.15) is 0 Å². The molecule has 0 fully saturated rings. The molecule has 0 saturated heterocycles. The molecule has 0 aromatic heterocycles. The van der Waals surface area contributed by atoms with Gasteiger partial charge in [0.1, 0.15) is 0 Å². The molecule has 0 amide bonds. The Labute approximate surface area is 135 Å². The monoisotopic (exact) mass is 306 g/mol. The number of hydrogen-bond acceptors (Lipinski definition) is 3. The molecular formula is C20H18O3. The summed E-state index contributed by atoms with van der Waals surface area (Å²) < 4.78 is 5.95. The Hall–Kier alpha value is -2.52. The van der Waals surface area contributed by atoms with E-state index in [0.29, 0.717) is 23.3 Å². The van der Waals surface area contributed by atoms with E-state index in [4.69, 9.17) is 4.74 Å². The Morgan fingerprint density at radius 2 is 1.48 bits per heavy atom. The molecule has 0 bridgehead atoms. The van der Waals surface area contributed by atoms with Gasteiger partial charge < -0.3 is 4.74 Å². The first-order valence-corrected chi connectivity index (χ1v) is 7.57. The summed E-state index contributed by atoms with van der Waals surface area (Å²) in [7, 11) is 0. The summed E-state index contributed by atoms with van der Waals surface area (Å²) in [5, 5.41) is 0. The van der Waals surface area contributed by atoms with E-state index in [1.165, 1.54) is 6.08 Å². The van der Waals surface area contributed by atoms with Crippen LogP contribution in [-0.2, 0) is 11.3 Å². The quantitative estimate of drug-likeness (QED) is 0.858. The Kier molecular flexibility index (Phi) is 3.97. The van der Waals surface area contributed by atoms with Gasteiger partial charge in [-0.3, -0.25) is 9.59 Å². The van der Waals surface area contributed by atoms with Crippen LogP contribution in [0.3, 0.4) is 0 Å². The normalized spacial score (nSPS) is 14.4. The first-order chi connectivity index (χ1) is 11.0. The number of hydrogen-bond donors (Lipinski definition) is 0. The second-order valence-corrected chi connectivity index (χ2v) is 6.08. The Bertz CT molecular complexity index is 786. The van der Waals surface area contributed by atoms with Crippen molar-refractivity contribution in [3.8, 4) is 0 Å². The minimum atomic E-state index is -0.837. The highest BCUT2D eigenvalue weighted by atomic mass is 16.5. The first kappa shape index (κ1) is 15.4. The third-order valence-electron chi connectivity index (χ3n) is 4.05. The maximum absolute atomic E-state index is 12.7. The molecule has 2 aromatic rings. The van der Waals surface area contributed by atoms with E-state index in [-0.39, 0.29) is 11.6 Å². The van der Waals surface area contributed by atoms with Gasteiger partial charge in [0.05, 0.1) is 12.2 Å². The first-order valence-electron chi connectivity index (χ1n) is 7.57. The SMILES string of the molecule is CC(C)(OCc1ccccc1)C1=CC(=O)c2ccccc2C1=O. The lowest BCUT2D eigenvalue weighted by Gasteiger charge is -2.30. The van der Waals surface area contributed by atoms with E-state index in [1.54, 1.807) is 24.3 Å². The van der Waals surface area contributed by atoms with Gasteiger partial charge in [0, 0.05) is 16.7 Å². The van der Waals surface area contributed by atoms with Crippen molar-refractivity contribution in [1.82, 2.24) is 0 Å².